The van der Waals surface area contributed by atoms with Crippen LogP contribution in [0.5, 0.6) is 0 Å². The van der Waals surface area contributed by atoms with Gasteiger partial charge in [-0.25, -0.2) is 0 Å². The Morgan fingerprint density at radius 2 is 2.17 bits per heavy atom. The molecule has 1 atom stereocenters. The Kier molecular flexibility index (Phi) is 6.64. The highest BCUT2D eigenvalue weighted by Crippen LogP contribution is 1.89. The number of aliphatic carboxylic acids is 1. The first-order valence-corrected chi connectivity index (χ1v) is 3.73. The fraction of sp³-hybridized carbons (Fsp3) is 0.857. The van der Waals surface area contributed by atoms with E-state index in [9.17, 15) is 4.79 Å². The number of carboxylic acid groups (broad SMARTS) is 1. The zero-order chi connectivity index (χ0) is 9.40. The molecule has 0 spiro atoms. The van der Waals surface area contributed by atoms with E-state index in [0.29, 0.717) is 26.2 Å². The third-order valence-corrected chi connectivity index (χ3v) is 1.32. The van der Waals surface area contributed by atoms with Crippen LogP contribution in [-0.4, -0.2) is 44.0 Å². The fourth-order valence-corrected chi connectivity index (χ4v) is 0.578. The summed E-state index contributed by atoms with van der Waals surface area (Å²) in [5.41, 5.74) is 5.22. The van der Waals surface area contributed by atoms with Crippen molar-refractivity contribution in [3.63, 3.8) is 0 Å². The monoisotopic (exact) mass is 177 g/mol. The molecule has 72 valence electrons. The zero-order valence-electron chi connectivity index (χ0n) is 7.16. The Bertz CT molecular complexity index is 129. The minimum absolute atomic E-state index is 0.332. The van der Waals surface area contributed by atoms with Gasteiger partial charge in [-0.1, -0.05) is 0 Å². The van der Waals surface area contributed by atoms with Gasteiger partial charge in [0.25, 0.3) is 0 Å². The van der Waals surface area contributed by atoms with Gasteiger partial charge in [0.1, 0.15) is 6.04 Å². The van der Waals surface area contributed by atoms with Crippen molar-refractivity contribution in [1.29, 1.82) is 0 Å². The Balaban J connectivity index is 3.14. The molecule has 3 N–H and O–H groups in total. The SMILES string of the molecule is COCCOCC[C@H](N)C(=O)O. The van der Waals surface area contributed by atoms with E-state index in [1.807, 2.05) is 0 Å². The molecule has 0 aliphatic rings. The fourth-order valence-electron chi connectivity index (χ4n) is 0.578. The molecule has 0 rings (SSSR count). The Morgan fingerprint density at radius 1 is 1.50 bits per heavy atom. The number of hydrogen-bond acceptors (Lipinski definition) is 4. The number of carboxylic acids is 1. The highest BCUT2D eigenvalue weighted by atomic mass is 16.5. The molecule has 0 aliphatic heterocycles. The third kappa shape index (κ3) is 6.09. The first-order chi connectivity index (χ1) is 5.68. The largest absolute Gasteiger partial charge is 0.480 e. The number of methoxy groups -OCH3 is 1. The number of ether oxygens (including phenoxy) is 2. The number of nitrogens with two attached hydrogens (primary N) is 1. The van der Waals surface area contributed by atoms with Gasteiger partial charge in [-0.3, -0.25) is 4.79 Å². The number of carbonyl (C=O) groups is 1. The maximum absolute atomic E-state index is 10.2. The van der Waals surface area contributed by atoms with Gasteiger partial charge in [0.15, 0.2) is 0 Å². The van der Waals surface area contributed by atoms with Crippen LogP contribution in [0.15, 0.2) is 0 Å². The lowest BCUT2D eigenvalue weighted by Crippen LogP contribution is -2.31. The van der Waals surface area contributed by atoms with E-state index in [2.05, 4.69) is 0 Å². The summed E-state index contributed by atoms with van der Waals surface area (Å²) in [5, 5.41) is 8.38. The van der Waals surface area contributed by atoms with Crippen molar-refractivity contribution in [3.05, 3.63) is 0 Å². The molecule has 0 unspecified atom stereocenters. The average molecular weight is 177 g/mol. The van der Waals surface area contributed by atoms with Crippen molar-refractivity contribution >= 4 is 5.97 Å². The lowest BCUT2D eigenvalue weighted by atomic mass is 10.2. The van der Waals surface area contributed by atoms with Gasteiger partial charge in [0, 0.05) is 13.7 Å². The van der Waals surface area contributed by atoms with Crippen molar-refractivity contribution < 1.29 is 19.4 Å². The second kappa shape index (κ2) is 7.02. The van der Waals surface area contributed by atoms with Crippen LogP contribution in [0.4, 0.5) is 0 Å². The first kappa shape index (κ1) is 11.4. The van der Waals surface area contributed by atoms with Crippen LogP contribution in [0.1, 0.15) is 6.42 Å². The summed E-state index contributed by atoms with van der Waals surface area (Å²) < 4.78 is 9.75. The van der Waals surface area contributed by atoms with Crippen LogP contribution in [0, 0.1) is 0 Å². The maximum Gasteiger partial charge on any atom is 0.320 e. The van der Waals surface area contributed by atoms with E-state index in [1.165, 1.54) is 0 Å². The summed E-state index contributed by atoms with van der Waals surface area (Å²) in [6, 6.07) is -0.826. The molecule has 12 heavy (non-hydrogen) atoms. The van der Waals surface area contributed by atoms with Gasteiger partial charge in [-0.05, 0) is 6.42 Å². The van der Waals surface area contributed by atoms with Crippen LogP contribution in [0.3, 0.4) is 0 Å². The van der Waals surface area contributed by atoms with Gasteiger partial charge >= 0.3 is 5.97 Å². The second-order valence-electron chi connectivity index (χ2n) is 2.34. The molecule has 0 fully saturated rings. The van der Waals surface area contributed by atoms with Gasteiger partial charge in [-0.15, -0.1) is 0 Å². The molecule has 0 aromatic heterocycles. The number of hydrogen-bond donors (Lipinski definition) is 2. The topological polar surface area (TPSA) is 81.8 Å². The molecule has 0 aromatic rings. The van der Waals surface area contributed by atoms with E-state index in [4.69, 9.17) is 20.3 Å². The molecular formula is C7H15NO4. The molecule has 0 radical (unpaired) electrons. The van der Waals surface area contributed by atoms with Crippen molar-refractivity contribution in [3.8, 4) is 0 Å². The quantitative estimate of drug-likeness (QED) is 0.510. The lowest BCUT2D eigenvalue weighted by Gasteiger charge is -2.06. The summed E-state index contributed by atoms with van der Waals surface area (Å²) in [4.78, 5) is 10.2. The van der Waals surface area contributed by atoms with Crippen molar-refractivity contribution in [2.24, 2.45) is 5.73 Å². The van der Waals surface area contributed by atoms with Gasteiger partial charge in [-0.2, -0.15) is 0 Å². The summed E-state index contributed by atoms with van der Waals surface area (Å²) in [7, 11) is 1.58. The summed E-state index contributed by atoms with van der Waals surface area (Å²) in [6.07, 6.45) is 0.332. The highest BCUT2D eigenvalue weighted by molar-refractivity contribution is 5.72. The predicted octanol–water partition coefficient (Wildman–Crippen LogP) is -0.549. The normalized spacial score (nSPS) is 12.8. The number of rotatable bonds is 7. The van der Waals surface area contributed by atoms with Gasteiger partial charge in [0.2, 0.25) is 0 Å². The Morgan fingerprint density at radius 3 is 2.67 bits per heavy atom. The van der Waals surface area contributed by atoms with Crippen LogP contribution >= 0.6 is 0 Å². The van der Waals surface area contributed by atoms with E-state index in [-0.39, 0.29) is 0 Å². The molecule has 0 aliphatic carbocycles. The Labute approximate surface area is 71.5 Å². The van der Waals surface area contributed by atoms with E-state index < -0.39 is 12.0 Å². The van der Waals surface area contributed by atoms with Crippen LogP contribution in [0.25, 0.3) is 0 Å². The van der Waals surface area contributed by atoms with Gasteiger partial charge in [0.05, 0.1) is 13.2 Å². The van der Waals surface area contributed by atoms with Crippen LogP contribution in [-0.2, 0) is 14.3 Å². The standard InChI is InChI=1S/C7H15NO4/c1-11-4-5-12-3-2-6(8)7(9)10/h6H,2-5,8H2,1H3,(H,9,10)/t6-/m0/s1. The Hall–Kier alpha value is -0.650. The molecule has 0 amide bonds. The summed E-state index contributed by atoms with van der Waals surface area (Å²) in [5.74, 6) is -0.995. The minimum atomic E-state index is -0.995. The minimum Gasteiger partial charge on any atom is -0.480 e. The summed E-state index contributed by atoms with van der Waals surface area (Å²) >= 11 is 0. The van der Waals surface area contributed by atoms with Crippen LogP contribution < -0.4 is 5.73 Å². The van der Waals surface area contributed by atoms with Crippen LogP contribution in [0.2, 0.25) is 0 Å². The molecule has 5 heteroatoms. The third-order valence-electron chi connectivity index (χ3n) is 1.32. The van der Waals surface area contributed by atoms with E-state index in [0.717, 1.165) is 0 Å². The maximum atomic E-state index is 10.2. The molecule has 0 saturated carbocycles. The lowest BCUT2D eigenvalue weighted by molar-refractivity contribution is -0.139. The molecular weight excluding hydrogens is 162 g/mol. The van der Waals surface area contributed by atoms with Gasteiger partial charge < -0.3 is 20.3 Å². The zero-order valence-corrected chi connectivity index (χ0v) is 7.16. The molecule has 0 bridgehead atoms. The molecule has 5 nitrogen and oxygen atoms in total. The van der Waals surface area contributed by atoms with Crippen molar-refractivity contribution in [1.82, 2.24) is 0 Å². The molecule has 0 aromatic carbocycles. The van der Waals surface area contributed by atoms with Crippen molar-refractivity contribution in [2.75, 3.05) is 26.9 Å². The first-order valence-electron chi connectivity index (χ1n) is 3.73. The summed E-state index contributed by atoms with van der Waals surface area (Å²) in [6.45, 7) is 1.35. The van der Waals surface area contributed by atoms with E-state index in [1.54, 1.807) is 7.11 Å². The average Bonchev–Trinajstić information content (AvgIpc) is 2.03. The van der Waals surface area contributed by atoms with Crippen molar-refractivity contribution in [2.45, 2.75) is 12.5 Å². The highest BCUT2D eigenvalue weighted by Gasteiger charge is 2.09. The van der Waals surface area contributed by atoms with E-state index >= 15 is 0 Å². The molecule has 0 saturated heterocycles. The predicted molar refractivity (Wildman–Crippen MR) is 42.9 cm³/mol. The smallest absolute Gasteiger partial charge is 0.320 e. The molecule has 0 heterocycles. The second-order valence-corrected chi connectivity index (χ2v) is 2.34.